The van der Waals surface area contributed by atoms with Gasteiger partial charge in [0.2, 0.25) is 0 Å². The Morgan fingerprint density at radius 2 is 2.00 bits per heavy atom. The molecule has 2 rings (SSSR count). The molecule has 2 N–H and O–H groups in total. The number of carbonyl (C=O) groups is 1. The van der Waals surface area contributed by atoms with Gasteiger partial charge in [0, 0.05) is 6.08 Å². The van der Waals surface area contributed by atoms with Gasteiger partial charge in [0.05, 0.1) is 6.10 Å². The van der Waals surface area contributed by atoms with Crippen molar-refractivity contribution in [1.29, 1.82) is 0 Å². The van der Waals surface area contributed by atoms with E-state index in [1.54, 1.807) is 0 Å². The number of hydrogen-bond acceptors (Lipinski definition) is 2. The number of carboxylic acid groups (broad SMARTS) is 1. The summed E-state index contributed by atoms with van der Waals surface area (Å²) in [7, 11) is 0. The SMILES string of the molecule is C=C1C[C@@H](O)[C@H]2C(C)(C)CCC[C@]2(C)[C@H]1CCC(C)=CC(=O)O. The molecule has 0 spiro atoms. The zero-order valence-electron chi connectivity index (χ0n) is 15.1. The van der Waals surface area contributed by atoms with E-state index in [-0.39, 0.29) is 16.9 Å². The van der Waals surface area contributed by atoms with Crippen LogP contribution in [0.1, 0.15) is 66.2 Å². The molecule has 3 heteroatoms. The highest BCUT2D eigenvalue weighted by Crippen LogP contribution is 2.61. The second-order valence-electron chi connectivity index (χ2n) is 8.68. The lowest BCUT2D eigenvalue weighted by Crippen LogP contribution is -2.55. The van der Waals surface area contributed by atoms with Gasteiger partial charge in [-0.15, -0.1) is 0 Å². The lowest BCUT2D eigenvalue weighted by atomic mass is 9.46. The van der Waals surface area contributed by atoms with Crippen LogP contribution in [-0.2, 0) is 4.79 Å². The first-order valence-electron chi connectivity index (χ1n) is 8.84. The fourth-order valence-electron chi connectivity index (χ4n) is 5.66. The number of fused-ring (bicyclic) bond motifs is 1. The summed E-state index contributed by atoms with van der Waals surface area (Å²) in [4.78, 5) is 10.8. The van der Waals surface area contributed by atoms with Crippen molar-refractivity contribution in [2.45, 2.75) is 72.3 Å². The lowest BCUT2D eigenvalue weighted by molar-refractivity contribution is -0.131. The van der Waals surface area contributed by atoms with Crippen molar-refractivity contribution in [1.82, 2.24) is 0 Å². The minimum atomic E-state index is -0.872. The van der Waals surface area contributed by atoms with Crippen molar-refractivity contribution >= 4 is 5.97 Å². The molecule has 0 amide bonds. The van der Waals surface area contributed by atoms with Crippen LogP contribution in [0.25, 0.3) is 0 Å². The molecule has 0 aromatic carbocycles. The van der Waals surface area contributed by atoms with Crippen molar-refractivity contribution < 1.29 is 15.0 Å². The highest BCUT2D eigenvalue weighted by Gasteiger charge is 2.56. The van der Waals surface area contributed by atoms with Gasteiger partial charge in [-0.2, -0.15) is 0 Å². The van der Waals surface area contributed by atoms with Crippen LogP contribution >= 0.6 is 0 Å². The van der Waals surface area contributed by atoms with E-state index in [9.17, 15) is 9.90 Å². The van der Waals surface area contributed by atoms with E-state index in [1.807, 2.05) is 6.92 Å². The molecule has 2 aliphatic carbocycles. The van der Waals surface area contributed by atoms with E-state index >= 15 is 0 Å². The van der Waals surface area contributed by atoms with Gasteiger partial charge in [0.15, 0.2) is 0 Å². The van der Waals surface area contributed by atoms with Crippen LogP contribution in [0.15, 0.2) is 23.8 Å². The van der Waals surface area contributed by atoms with E-state index in [2.05, 4.69) is 27.4 Å². The first kappa shape index (κ1) is 18.3. The van der Waals surface area contributed by atoms with Crippen LogP contribution in [0.5, 0.6) is 0 Å². The summed E-state index contributed by atoms with van der Waals surface area (Å²) >= 11 is 0. The number of aliphatic hydroxyl groups excluding tert-OH is 1. The van der Waals surface area contributed by atoms with Gasteiger partial charge in [-0.05, 0) is 61.7 Å². The molecule has 3 nitrogen and oxygen atoms in total. The molecular formula is C20H32O3. The minimum Gasteiger partial charge on any atom is -0.478 e. The zero-order valence-corrected chi connectivity index (χ0v) is 15.1. The predicted molar refractivity (Wildman–Crippen MR) is 93.1 cm³/mol. The van der Waals surface area contributed by atoms with Gasteiger partial charge in [-0.25, -0.2) is 4.79 Å². The van der Waals surface area contributed by atoms with Crippen LogP contribution in [0, 0.1) is 22.7 Å². The number of carboxylic acids is 1. The quantitative estimate of drug-likeness (QED) is 0.589. The molecule has 0 unspecified atom stereocenters. The summed E-state index contributed by atoms with van der Waals surface area (Å²) in [6, 6.07) is 0. The molecule has 0 saturated heterocycles. The van der Waals surface area contributed by atoms with Crippen molar-refractivity contribution in [3.8, 4) is 0 Å². The number of aliphatic hydroxyl groups is 1. The Labute approximate surface area is 140 Å². The third-order valence-corrected chi connectivity index (χ3v) is 6.43. The van der Waals surface area contributed by atoms with Gasteiger partial charge in [-0.3, -0.25) is 0 Å². The summed E-state index contributed by atoms with van der Waals surface area (Å²) in [5.74, 6) is -0.209. The number of rotatable bonds is 4. The summed E-state index contributed by atoms with van der Waals surface area (Å²) in [6.45, 7) is 13.1. The first-order valence-corrected chi connectivity index (χ1v) is 8.84. The topological polar surface area (TPSA) is 57.5 Å². The normalized spacial score (nSPS) is 37.3. The molecule has 130 valence electrons. The van der Waals surface area contributed by atoms with E-state index in [0.29, 0.717) is 18.3 Å². The van der Waals surface area contributed by atoms with E-state index < -0.39 is 5.97 Å². The Balaban J connectivity index is 2.24. The van der Waals surface area contributed by atoms with E-state index in [1.165, 1.54) is 18.9 Å². The molecule has 2 saturated carbocycles. The fourth-order valence-corrected chi connectivity index (χ4v) is 5.66. The molecule has 2 fully saturated rings. The fraction of sp³-hybridized carbons (Fsp3) is 0.750. The Hall–Kier alpha value is -1.09. The van der Waals surface area contributed by atoms with Crippen LogP contribution < -0.4 is 0 Å². The average molecular weight is 320 g/mol. The van der Waals surface area contributed by atoms with Crippen molar-refractivity contribution in [2.24, 2.45) is 22.7 Å². The van der Waals surface area contributed by atoms with Crippen LogP contribution in [-0.4, -0.2) is 22.3 Å². The highest BCUT2D eigenvalue weighted by atomic mass is 16.4. The summed E-state index contributed by atoms with van der Waals surface area (Å²) in [6.07, 6.45) is 6.92. The van der Waals surface area contributed by atoms with E-state index in [4.69, 9.17) is 5.11 Å². The molecule has 0 aromatic rings. The van der Waals surface area contributed by atoms with Crippen LogP contribution in [0.4, 0.5) is 0 Å². The minimum absolute atomic E-state index is 0.0694. The maximum atomic E-state index is 10.8. The average Bonchev–Trinajstić information content (AvgIpc) is 2.34. The first-order chi connectivity index (χ1) is 10.6. The molecule has 0 heterocycles. The van der Waals surface area contributed by atoms with Gasteiger partial charge in [-0.1, -0.05) is 44.9 Å². The standard InChI is InChI=1S/C20H32O3/c1-13(11-17(22)23)7-8-15-14(2)12-16(21)18-19(3,4)9-6-10-20(15,18)5/h11,15-16,18,21H,2,6-10,12H2,1,3-5H3,(H,22,23)/t15-,16+,18-,20+/m0/s1. The number of allylic oxidation sites excluding steroid dienone is 1. The monoisotopic (exact) mass is 320 g/mol. The molecule has 0 bridgehead atoms. The summed E-state index contributed by atoms with van der Waals surface area (Å²) in [5, 5.41) is 19.6. The van der Waals surface area contributed by atoms with Crippen molar-refractivity contribution in [3.05, 3.63) is 23.8 Å². The van der Waals surface area contributed by atoms with E-state index in [0.717, 1.165) is 30.4 Å². The van der Waals surface area contributed by atoms with Crippen molar-refractivity contribution in [2.75, 3.05) is 0 Å². The largest absolute Gasteiger partial charge is 0.478 e. The Morgan fingerprint density at radius 3 is 2.61 bits per heavy atom. The molecule has 2 aliphatic rings. The second kappa shape index (κ2) is 6.43. The highest BCUT2D eigenvalue weighted by molar-refractivity contribution is 5.80. The Bertz CT molecular complexity index is 517. The van der Waals surface area contributed by atoms with Gasteiger partial charge in [0.1, 0.15) is 0 Å². The lowest BCUT2D eigenvalue weighted by Gasteiger charge is -2.59. The second-order valence-corrected chi connectivity index (χ2v) is 8.68. The number of aliphatic carboxylic acids is 1. The summed E-state index contributed by atoms with van der Waals surface area (Å²) in [5.41, 5.74) is 2.28. The Kier molecular flexibility index (Phi) is 5.10. The predicted octanol–water partition coefficient (Wildman–Crippen LogP) is 4.57. The van der Waals surface area contributed by atoms with Gasteiger partial charge < -0.3 is 10.2 Å². The van der Waals surface area contributed by atoms with Crippen molar-refractivity contribution in [3.63, 3.8) is 0 Å². The third kappa shape index (κ3) is 3.55. The molecule has 4 atom stereocenters. The molecule has 0 radical (unpaired) electrons. The van der Waals surface area contributed by atoms with Gasteiger partial charge in [0.25, 0.3) is 0 Å². The third-order valence-electron chi connectivity index (χ3n) is 6.43. The van der Waals surface area contributed by atoms with Crippen LogP contribution in [0.3, 0.4) is 0 Å². The maximum Gasteiger partial charge on any atom is 0.328 e. The Morgan fingerprint density at radius 1 is 1.35 bits per heavy atom. The zero-order chi connectivity index (χ0) is 17.4. The molecule has 0 aliphatic heterocycles. The summed E-state index contributed by atoms with van der Waals surface area (Å²) < 4.78 is 0. The molecular weight excluding hydrogens is 288 g/mol. The molecule has 0 aromatic heterocycles. The molecule has 23 heavy (non-hydrogen) atoms. The van der Waals surface area contributed by atoms with Crippen LogP contribution in [0.2, 0.25) is 0 Å². The maximum absolute atomic E-state index is 10.8. The number of hydrogen-bond donors (Lipinski definition) is 2. The smallest absolute Gasteiger partial charge is 0.328 e. The van der Waals surface area contributed by atoms with Gasteiger partial charge >= 0.3 is 5.97 Å².